The van der Waals surface area contributed by atoms with Crippen LogP contribution >= 0.6 is 8.03 Å². The van der Waals surface area contributed by atoms with E-state index in [9.17, 15) is 19.4 Å². The molecule has 0 aromatic carbocycles. The molecule has 8 nitrogen and oxygen atoms in total. The molecule has 0 saturated heterocycles. The quantitative estimate of drug-likeness (QED) is 0.326. The second-order valence-corrected chi connectivity index (χ2v) is 4.10. The number of esters is 1. The number of aliphatic hydroxyl groups excluding tert-OH is 3. The van der Waals surface area contributed by atoms with Crippen LogP contribution in [0.4, 0.5) is 0 Å². The molecule has 0 bridgehead atoms. The van der Waals surface area contributed by atoms with Crippen molar-refractivity contribution in [3.63, 3.8) is 0 Å². The Morgan fingerprint density at radius 3 is 2.33 bits per heavy atom. The first kappa shape index (κ1) is 11.9. The van der Waals surface area contributed by atoms with Crippen molar-refractivity contribution in [2.75, 3.05) is 6.61 Å². The van der Waals surface area contributed by atoms with Crippen LogP contribution in [0.25, 0.3) is 0 Å². The van der Waals surface area contributed by atoms with E-state index in [1.807, 2.05) is 0 Å². The van der Waals surface area contributed by atoms with Crippen LogP contribution in [-0.2, 0) is 14.1 Å². The van der Waals surface area contributed by atoms with Crippen LogP contribution in [0.2, 0.25) is 0 Å². The summed E-state index contributed by atoms with van der Waals surface area (Å²) in [6, 6.07) is 0. The highest BCUT2D eigenvalue weighted by Gasteiger charge is 2.58. The maximum atomic E-state index is 10.7. The first-order valence-corrected chi connectivity index (χ1v) is 4.83. The van der Waals surface area contributed by atoms with Gasteiger partial charge in [0.1, 0.15) is 6.61 Å². The molecular formula is C6H7O8P. The van der Waals surface area contributed by atoms with Crippen molar-refractivity contribution in [3.8, 4) is 0 Å². The van der Waals surface area contributed by atoms with Crippen LogP contribution in [0, 0.1) is 0 Å². The first-order valence-electron chi connectivity index (χ1n) is 3.65. The third kappa shape index (κ3) is 1.68. The van der Waals surface area contributed by atoms with Crippen LogP contribution in [0.3, 0.4) is 0 Å². The molecule has 0 saturated carbocycles. The van der Waals surface area contributed by atoms with Crippen molar-refractivity contribution in [1.82, 2.24) is 0 Å². The lowest BCUT2D eigenvalue weighted by Crippen LogP contribution is -2.45. The highest BCUT2D eigenvalue weighted by Crippen LogP contribution is 2.39. The Bertz CT molecular complexity index is 349. The third-order valence-corrected chi connectivity index (χ3v) is 2.89. The molecule has 1 aliphatic rings. The molecule has 1 rings (SSSR count). The predicted octanol–water partition coefficient (Wildman–Crippen LogP) is -1.98. The minimum atomic E-state index is -3.60. The summed E-state index contributed by atoms with van der Waals surface area (Å²) in [7, 11) is -3.60. The highest BCUT2D eigenvalue weighted by molar-refractivity contribution is 7.38. The van der Waals surface area contributed by atoms with Crippen LogP contribution in [0.1, 0.15) is 0 Å². The second kappa shape index (κ2) is 3.74. The second-order valence-electron chi connectivity index (χ2n) is 2.81. The van der Waals surface area contributed by atoms with E-state index in [2.05, 4.69) is 4.74 Å². The molecule has 3 atom stereocenters. The van der Waals surface area contributed by atoms with E-state index in [4.69, 9.17) is 15.3 Å². The Balaban J connectivity index is 3.10. The minimum absolute atomic E-state index is 1.13. The molecule has 0 radical (unpaired) electrons. The van der Waals surface area contributed by atoms with Gasteiger partial charge < -0.3 is 30.1 Å². The fourth-order valence-corrected chi connectivity index (χ4v) is 1.48. The van der Waals surface area contributed by atoms with Crippen molar-refractivity contribution < 1.29 is 39.4 Å². The number of carbonyl (C=O) groups excluding carboxylic acids is 1. The Morgan fingerprint density at radius 1 is 1.53 bits per heavy atom. The minimum Gasteiger partial charge on any atom is -0.593 e. The average Bonchev–Trinajstić information content (AvgIpc) is 2.45. The summed E-state index contributed by atoms with van der Waals surface area (Å²) >= 11 is 0. The van der Waals surface area contributed by atoms with Gasteiger partial charge in [-0.05, 0) is 0 Å². The van der Waals surface area contributed by atoms with Crippen molar-refractivity contribution >= 4 is 14.0 Å². The summed E-state index contributed by atoms with van der Waals surface area (Å²) in [5, 5.41) is 33.1. The molecule has 4 N–H and O–H groups in total. The Kier molecular flexibility index (Phi) is 2.96. The molecule has 0 amide bonds. The van der Waals surface area contributed by atoms with Crippen LogP contribution in [0.5, 0.6) is 0 Å². The first-order chi connectivity index (χ1) is 6.84. The van der Waals surface area contributed by atoms with Gasteiger partial charge in [0.25, 0.3) is 0 Å². The molecule has 0 aromatic rings. The lowest BCUT2D eigenvalue weighted by atomic mass is 10.2. The van der Waals surface area contributed by atoms with Gasteiger partial charge in [-0.25, -0.2) is 4.79 Å². The molecule has 9 heteroatoms. The van der Waals surface area contributed by atoms with E-state index in [-0.39, 0.29) is 0 Å². The third-order valence-electron chi connectivity index (χ3n) is 1.88. The van der Waals surface area contributed by atoms with Crippen molar-refractivity contribution in [3.05, 3.63) is 11.5 Å². The SMILES string of the molecule is O=C1O[C@H]([C@@](O)(CO)[P+](=O)[O-])C(O)=C1O. The van der Waals surface area contributed by atoms with E-state index >= 15 is 0 Å². The normalized spacial score (nSPS) is 26.2. The predicted molar refractivity (Wildman–Crippen MR) is 41.8 cm³/mol. The van der Waals surface area contributed by atoms with E-state index in [0.29, 0.717) is 0 Å². The summed E-state index contributed by atoms with van der Waals surface area (Å²) in [6.07, 6.45) is -2.02. The number of ether oxygens (including phenoxy) is 1. The number of cyclic esters (lactones) is 1. The van der Waals surface area contributed by atoms with Crippen LogP contribution < -0.4 is 4.89 Å². The largest absolute Gasteiger partial charge is 0.593 e. The monoisotopic (exact) mass is 238 g/mol. The van der Waals surface area contributed by atoms with E-state index < -0.39 is 43.6 Å². The molecule has 0 aromatic heterocycles. The fourth-order valence-electron chi connectivity index (χ4n) is 0.997. The van der Waals surface area contributed by atoms with Gasteiger partial charge in [0.15, 0.2) is 5.76 Å². The van der Waals surface area contributed by atoms with Crippen LogP contribution in [-0.4, -0.2) is 44.4 Å². The molecule has 1 aliphatic heterocycles. The lowest BCUT2D eigenvalue weighted by molar-refractivity contribution is -0.192. The van der Waals surface area contributed by atoms with E-state index in [1.54, 1.807) is 0 Å². The van der Waals surface area contributed by atoms with Crippen molar-refractivity contribution in [2.45, 2.75) is 11.4 Å². The van der Waals surface area contributed by atoms with Gasteiger partial charge in [-0.2, -0.15) is 0 Å². The zero-order chi connectivity index (χ0) is 11.8. The van der Waals surface area contributed by atoms with E-state index in [0.717, 1.165) is 0 Å². The molecule has 0 spiro atoms. The van der Waals surface area contributed by atoms with Gasteiger partial charge in [-0.15, -0.1) is 0 Å². The number of hydrogen-bond acceptors (Lipinski definition) is 8. The molecule has 0 aliphatic carbocycles. The van der Waals surface area contributed by atoms with Gasteiger partial charge in [-0.1, -0.05) is 4.57 Å². The zero-order valence-corrected chi connectivity index (χ0v) is 8.05. The molecular weight excluding hydrogens is 231 g/mol. The Morgan fingerprint density at radius 2 is 2.07 bits per heavy atom. The molecule has 1 heterocycles. The molecule has 15 heavy (non-hydrogen) atoms. The Labute approximate surface area is 83.9 Å². The van der Waals surface area contributed by atoms with Crippen molar-refractivity contribution in [2.24, 2.45) is 0 Å². The van der Waals surface area contributed by atoms with Gasteiger partial charge in [0.05, 0.1) is 0 Å². The number of carbonyl (C=O) groups is 1. The summed E-state index contributed by atoms with van der Waals surface area (Å²) < 4.78 is 14.8. The fraction of sp³-hybridized carbons (Fsp3) is 0.500. The number of aliphatic hydroxyl groups is 4. The van der Waals surface area contributed by atoms with E-state index in [1.165, 1.54) is 0 Å². The maximum absolute atomic E-state index is 10.7. The van der Waals surface area contributed by atoms with Gasteiger partial charge in [0, 0.05) is 0 Å². The summed E-state index contributed by atoms with van der Waals surface area (Å²) in [5.41, 5.74) is 0. The smallest absolute Gasteiger partial charge is 0.378 e. The average molecular weight is 238 g/mol. The lowest BCUT2D eigenvalue weighted by Gasteiger charge is -2.21. The number of rotatable bonds is 3. The number of hydrogen-bond donors (Lipinski definition) is 4. The molecule has 1 unspecified atom stereocenters. The topological polar surface area (TPSA) is 147 Å². The van der Waals surface area contributed by atoms with Crippen molar-refractivity contribution in [1.29, 1.82) is 0 Å². The zero-order valence-electron chi connectivity index (χ0n) is 7.15. The van der Waals surface area contributed by atoms with Gasteiger partial charge in [0.2, 0.25) is 11.9 Å². The summed E-state index contributed by atoms with van der Waals surface area (Å²) in [4.78, 5) is 21.3. The van der Waals surface area contributed by atoms with Gasteiger partial charge in [-0.3, -0.25) is 0 Å². The highest BCUT2D eigenvalue weighted by atomic mass is 31.1. The van der Waals surface area contributed by atoms with Gasteiger partial charge >= 0.3 is 19.3 Å². The molecule has 0 fully saturated rings. The maximum Gasteiger partial charge on any atom is 0.378 e. The molecule has 84 valence electrons. The van der Waals surface area contributed by atoms with Crippen LogP contribution in [0.15, 0.2) is 11.5 Å². The standard InChI is InChI=1S/C6H7O8P/c7-1-6(11,15(12)13)4-2(8)3(9)5(10)14-4/h4,7-9,11H,1H2/t4-,6+/m0/s1. The summed E-state index contributed by atoms with van der Waals surface area (Å²) in [5.74, 6) is -3.69. The Hall–Kier alpha value is -1.21. The summed E-state index contributed by atoms with van der Waals surface area (Å²) in [6.45, 7) is -1.29.